The first-order chi connectivity index (χ1) is 19.1. The van der Waals surface area contributed by atoms with Gasteiger partial charge in [0.05, 0.1) is 22.1 Å². The zero-order valence-corrected chi connectivity index (χ0v) is 22.7. The summed E-state index contributed by atoms with van der Waals surface area (Å²) in [5.41, 5.74) is 3.39. The van der Waals surface area contributed by atoms with Crippen LogP contribution in [0.5, 0.6) is 0 Å². The maximum absolute atomic E-state index is 14.1. The molecule has 1 aliphatic heterocycles. The smallest absolute Gasteiger partial charge is 0.245 e. The summed E-state index contributed by atoms with van der Waals surface area (Å²) in [7, 11) is 0. The highest BCUT2D eigenvalue weighted by molar-refractivity contribution is 8.00. The van der Waals surface area contributed by atoms with Crippen LogP contribution in [0.25, 0.3) is 22.1 Å². The fourth-order valence-corrected chi connectivity index (χ4v) is 6.64. The third kappa shape index (κ3) is 4.46. The molecule has 0 bridgehead atoms. The van der Waals surface area contributed by atoms with Gasteiger partial charge in [-0.05, 0) is 36.8 Å². The fourth-order valence-electron chi connectivity index (χ4n) is 4.73. The van der Waals surface area contributed by atoms with E-state index in [0.717, 1.165) is 26.6 Å². The SMILES string of the molecule is C#CCCC(=O)n1c2ccccc2c2nnc(SC(CC)C(=O)N3c4ccccc4Sc4ccccc43)nc21. The molecule has 0 saturated carbocycles. The average Bonchev–Trinajstić information content (AvgIpc) is 3.30. The molecular weight excluding hydrogens is 526 g/mol. The molecule has 0 fully saturated rings. The number of carbonyl (C=O) groups is 2. The Labute approximate surface area is 234 Å². The topological polar surface area (TPSA) is 81.0 Å². The number of nitrogens with zero attached hydrogens (tertiary/aromatic N) is 5. The van der Waals surface area contributed by atoms with Crippen molar-refractivity contribution in [2.24, 2.45) is 0 Å². The number of amides is 1. The van der Waals surface area contributed by atoms with Gasteiger partial charge in [-0.25, -0.2) is 4.98 Å². The molecule has 0 saturated heterocycles. The molecule has 39 heavy (non-hydrogen) atoms. The van der Waals surface area contributed by atoms with Crippen LogP contribution in [0.3, 0.4) is 0 Å². The lowest BCUT2D eigenvalue weighted by atomic mass is 10.2. The Hall–Kier alpha value is -4.13. The van der Waals surface area contributed by atoms with Gasteiger partial charge in [-0.1, -0.05) is 72.9 Å². The van der Waals surface area contributed by atoms with Crippen LogP contribution < -0.4 is 4.90 Å². The number of thioether (sulfide) groups is 1. The first-order valence-electron chi connectivity index (χ1n) is 12.6. The Morgan fingerprint density at radius 1 is 0.974 bits per heavy atom. The summed E-state index contributed by atoms with van der Waals surface area (Å²) in [6, 6.07) is 23.4. The van der Waals surface area contributed by atoms with E-state index in [9.17, 15) is 9.59 Å². The first-order valence-corrected chi connectivity index (χ1v) is 14.3. The predicted octanol–water partition coefficient (Wildman–Crippen LogP) is 6.73. The van der Waals surface area contributed by atoms with Crippen molar-refractivity contribution < 1.29 is 9.59 Å². The number of benzene rings is 3. The van der Waals surface area contributed by atoms with Crippen molar-refractivity contribution in [1.82, 2.24) is 19.7 Å². The molecule has 7 nitrogen and oxygen atoms in total. The van der Waals surface area contributed by atoms with E-state index in [2.05, 4.69) is 16.1 Å². The van der Waals surface area contributed by atoms with Crippen molar-refractivity contribution in [3.8, 4) is 12.3 Å². The molecule has 0 radical (unpaired) electrons. The van der Waals surface area contributed by atoms with Gasteiger partial charge in [0.1, 0.15) is 5.52 Å². The number of anilines is 2. The van der Waals surface area contributed by atoms with Gasteiger partial charge in [-0.15, -0.1) is 22.5 Å². The van der Waals surface area contributed by atoms with Gasteiger partial charge < -0.3 is 0 Å². The lowest BCUT2D eigenvalue weighted by molar-refractivity contribution is -0.117. The van der Waals surface area contributed by atoms with Gasteiger partial charge in [0.25, 0.3) is 0 Å². The number of hydrogen-bond donors (Lipinski definition) is 0. The maximum atomic E-state index is 14.1. The highest BCUT2D eigenvalue weighted by Gasteiger charge is 2.33. The van der Waals surface area contributed by atoms with Gasteiger partial charge >= 0.3 is 0 Å². The molecule has 0 spiro atoms. The number of terminal acetylenes is 1. The van der Waals surface area contributed by atoms with E-state index < -0.39 is 5.25 Å². The minimum absolute atomic E-state index is 0.0583. The van der Waals surface area contributed by atoms with Gasteiger partial charge in [-0.2, -0.15) is 0 Å². The van der Waals surface area contributed by atoms with Crippen LogP contribution in [0.4, 0.5) is 11.4 Å². The van der Waals surface area contributed by atoms with E-state index in [-0.39, 0.29) is 18.2 Å². The third-order valence-electron chi connectivity index (χ3n) is 6.54. The molecule has 3 aromatic carbocycles. The standard InChI is InChI=1S/C30H23N5O2S2/c1-3-5-18-26(36)35-20-13-7-6-12-19(20)27-28(35)31-30(33-32-27)39-23(4-2)29(37)34-21-14-8-10-16-24(21)38-25-17-11-9-15-22(25)34/h1,6-17,23H,4-5,18H2,2H3. The Morgan fingerprint density at radius 2 is 1.64 bits per heavy atom. The number of rotatable bonds is 6. The second-order valence-electron chi connectivity index (χ2n) is 8.94. The number of carbonyl (C=O) groups excluding carboxylic acids is 2. The fraction of sp³-hybridized carbons (Fsp3) is 0.167. The highest BCUT2D eigenvalue weighted by Crippen LogP contribution is 2.48. The lowest BCUT2D eigenvalue weighted by Crippen LogP contribution is -2.35. The zero-order chi connectivity index (χ0) is 26.9. The van der Waals surface area contributed by atoms with Crippen LogP contribution in [-0.2, 0) is 4.79 Å². The predicted molar refractivity (Wildman–Crippen MR) is 156 cm³/mol. The van der Waals surface area contributed by atoms with Crippen molar-refractivity contribution in [2.75, 3.05) is 4.90 Å². The van der Waals surface area contributed by atoms with Gasteiger partial charge in [0.2, 0.25) is 17.0 Å². The molecule has 1 atom stereocenters. The molecule has 0 N–H and O–H groups in total. The van der Waals surface area contributed by atoms with Crippen molar-refractivity contribution >= 4 is 68.8 Å². The van der Waals surface area contributed by atoms with E-state index in [1.807, 2.05) is 79.7 Å². The summed E-state index contributed by atoms with van der Waals surface area (Å²) in [6.07, 6.45) is 6.49. The summed E-state index contributed by atoms with van der Waals surface area (Å²) >= 11 is 2.92. The van der Waals surface area contributed by atoms with Crippen molar-refractivity contribution in [3.05, 3.63) is 72.8 Å². The maximum Gasteiger partial charge on any atom is 0.245 e. The number of fused-ring (bicyclic) bond motifs is 5. The Bertz CT molecular complexity index is 1750. The molecule has 6 rings (SSSR count). The van der Waals surface area contributed by atoms with E-state index >= 15 is 0 Å². The van der Waals surface area contributed by atoms with Crippen molar-refractivity contribution in [1.29, 1.82) is 0 Å². The largest absolute Gasteiger partial charge is 0.278 e. The number of para-hydroxylation sites is 3. The van der Waals surface area contributed by atoms with Crippen LogP contribution in [-0.4, -0.2) is 36.8 Å². The van der Waals surface area contributed by atoms with E-state index in [1.54, 1.807) is 21.2 Å². The summed E-state index contributed by atoms with van der Waals surface area (Å²) < 4.78 is 1.57. The molecule has 1 unspecified atom stereocenters. The molecule has 1 amide bonds. The average molecular weight is 550 g/mol. The third-order valence-corrected chi connectivity index (χ3v) is 8.87. The number of aromatic nitrogens is 4. The van der Waals surface area contributed by atoms with E-state index in [1.165, 1.54) is 11.8 Å². The lowest BCUT2D eigenvalue weighted by Gasteiger charge is -2.33. The number of hydrogen-bond acceptors (Lipinski definition) is 7. The monoisotopic (exact) mass is 549 g/mol. The molecule has 0 aliphatic carbocycles. The first kappa shape index (κ1) is 25.2. The summed E-state index contributed by atoms with van der Waals surface area (Å²) in [5, 5.41) is 9.47. The summed E-state index contributed by atoms with van der Waals surface area (Å²) in [5.74, 6) is 2.32. The van der Waals surface area contributed by atoms with Gasteiger partial charge in [-0.3, -0.25) is 19.1 Å². The van der Waals surface area contributed by atoms with Crippen LogP contribution in [0.2, 0.25) is 0 Å². The van der Waals surface area contributed by atoms with Crippen LogP contribution in [0.15, 0.2) is 87.7 Å². The molecule has 5 aromatic rings. The van der Waals surface area contributed by atoms with Crippen molar-refractivity contribution in [3.63, 3.8) is 0 Å². The summed E-state index contributed by atoms with van der Waals surface area (Å²) in [6.45, 7) is 1.97. The van der Waals surface area contributed by atoms with Crippen LogP contribution in [0, 0.1) is 12.3 Å². The minimum Gasteiger partial charge on any atom is -0.278 e. The Kier molecular flexibility index (Phi) is 6.81. The van der Waals surface area contributed by atoms with E-state index in [0.29, 0.717) is 34.7 Å². The van der Waals surface area contributed by atoms with Crippen LogP contribution >= 0.6 is 23.5 Å². The van der Waals surface area contributed by atoms with Gasteiger partial charge in [0, 0.05) is 28.0 Å². The Balaban J connectivity index is 1.39. The molecule has 9 heteroatoms. The van der Waals surface area contributed by atoms with Crippen molar-refractivity contribution in [2.45, 2.75) is 46.4 Å². The normalized spacial score (nSPS) is 13.1. The van der Waals surface area contributed by atoms with E-state index in [4.69, 9.17) is 11.4 Å². The van der Waals surface area contributed by atoms with Crippen LogP contribution in [0.1, 0.15) is 31.0 Å². The Morgan fingerprint density at radius 3 is 2.33 bits per heavy atom. The molecule has 2 aromatic heterocycles. The minimum atomic E-state index is -0.469. The molecular formula is C30H23N5O2S2. The summed E-state index contributed by atoms with van der Waals surface area (Å²) in [4.78, 5) is 35.8. The molecule has 192 valence electrons. The zero-order valence-electron chi connectivity index (χ0n) is 21.1. The quantitative estimate of drug-likeness (QED) is 0.172. The second-order valence-corrected chi connectivity index (χ2v) is 11.2. The molecule has 1 aliphatic rings. The second kappa shape index (κ2) is 10.6. The molecule has 3 heterocycles. The highest BCUT2D eigenvalue weighted by atomic mass is 32.2. The van der Waals surface area contributed by atoms with Gasteiger partial charge in [0.15, 0.2) is 5.65 Å².